The van der Waals surface area contributed by atoms with E-state index in [1.54, 1.807) is 13.8 Å². The summed E-state index contributed by atoms with van der Waals surface area (Å²) in [5.41, 5.74) is 4.92. The van der Waals surface area contributed by atoms with E-state index in [9.17, 15) is 38.2 Å². The maximum absolute atomic E-state index is 13.8. The van der Waals surface area contributed by atoms with Gasteiger partial charge in [-0.15, -0.1) is 8.78 Å². The Hall–Kier alpha value is -4.38. The zero-order chi connectivity index (χ0) is 44.0. The first-order valence-corrected chi connectivity index (χ1v) is 22.5. The van der Waals surface area contributed by atoms with Crippen LogP contribution < -0.4 is 31.2 Å². The van der Waals surface area contributed by atoms with E-state index in [1.165, 1.54) is 39.8 Å². The van der Waals surface area contributed by atoms with Gasteiger partial charge in [-0.1, -0.05) is 107 Å². The minimum Gasteiger partial charge on any atom is -0.395 e. The van der Waals surface area contributed by atoms with Crippen molar-refractivity contribution >= 4 is 45.2 Å². The first-order valence-electron chi connectivity index (χ1n) is 20.2. The van der Waals surface area contributed by atoms with Crippen LogP contribution in [0.1, 0.15) is 90.5 Å². The molecule has 0 bridgehead atoms. The number of fused-ring (bicyclic) bond motifs is 1. The Morgan fingerprint density at radius 1 is 0.867 bits per heavy atom. The van der Waals surface area contributed by atoms with Crippen molar-refractivity contribution in [2.24, 2.45) is 5.73 Å². The second-order valence-corrected chi connectivity index (χ2v) is 17.8. The highest BCUT2D eigenvalue weighted by Crippen LogP contribution is 2.52. The Balaban J connectivity index is 1.45. The number of primary amides is 1. The molecule has 3 atom stereocenters. The summed E-state index contributed by atoms with van der Waals surface area (Å²) in [6.45, 7) is 4.64. The van der Waals surface area contributed by atoms with Crippen molar-refractivity contribution in [1.29, 1.82) is 0 Å². The van der Waals surface area contributed by atoms with Gasteiger partial charge in [-0.2, -0.15) is 0 Å². The summed E-state index contributed by atoms with van der Waals surface area (Å²) in [7, 11) is 2.35. The highest BCUT2D eigenvalue weighted by molar-refractivity contribution is 8.77. The molecule has 3 unspecified atom stereocenters. The molecule has 60 heavy (non-hydrogen) atoms. The van der Waals surface area contributed by atoms with E-state index >= 15 is 0 Å². The van der Waals surface area contributed by atoms with Crippen LogP contribution in [0.3, 0.4) is 0 Å². The molecule has 4 amide bonds. The zero-order valence-electron chi connectivity index (χ0n) is 34.6. The number of rotatable bonds is 28. The van der Waals surface area contributed by atoms with Crippen molar-refractivity contribution in [2.45, 2.75) is 120 Å². The average Bonchev–Trinajstić information content (AvgIpc) is 3.95. The van der Waals surface area contributed by atoms with Crippen LogP contribution in [-0.4, -0.2) is 82.0 Å². The summed E-state index contributed by atoms with van der Waals surface area (Å²) in [6.07, 6.45) is 27.0. The highest BCUT2D eigenvalue weighted by Gasteiger charge is 2.54. The molecule has 0 aromatic heterocycles. The number of aliphatic hydroxyl groups is 2. The molecule has 3 rings (SSSR count). The van der Waals surface area contributed by atoms with Crippen molar-refractivity contribution in [1.82, 2.24) is 16.0 Å². The largest absolute Gasteiger partial charge is 0.586 e. The predicted octanol–water partition coefficient (Wildman–Crippen LogP) is 6.60. The summed E-state index contributed by atoms with van der Waals surface area (Å²) in [6, 6.07) is 1.92. The van der Waals surface area contributed by atoms with Gasteiger partial charge >= 0.3 is 6.29 Å². The molecular formula is C44H60F2N4O8S2. The van der Waals surface area contributed by atoms with Gasteiger partial charge in [0.05, 0.1) is 18.1 Å². The second-order valence-electron chi connectivity index (χ2n) is 14.8. The number of hydrogen-bond acceptors (Lipinski definition) is 10. The molecule has 0 radical (unpaired) electrons. The van der Waals surface area contributed by atoms with Crippen molar-refractivity contribution in [3.63, 3.8) is 0 Å². The number of nitrogens with two attached hydrogens (primary N) is 1. The van der Waals surface area contributed by atoms with Crippen molar-refractivity contribution < 1.29 is 47.6 Å². The molecule has 7 N–H and O–H groups in total. The van der Waals surface area contributed by atoms with Gasteiger partial charge in [0.1, 0.15) is 12.1 Å². The van der Waals surface area contributed by atoms with Crippen LogP contribution in [0.2, 0.25) is 0 Å². The van der Waals surface area contributed by atoms with Crippen LogP contribution in [-0.2, 0) is 24.6 Å². The lowest BCUT2D eigenvalue weighted by Crippen LogP contribution is -2.58. The van der Waals surface area contributed by atoms with Crippen molar-refractivity contribution in [3.05, 3.63) is 96.7 Å². The number of aliphatic hydroxyl groups excluding tert-OH is 2. The Bertz CT molecular complexity index is 1760. The van der Waals surface area contributed by atoms with E-state index in [-0.39, 0.29) is 36.1 Å². The molecule has 1 heterocycles. The fraction of sp³-hybridized carbons (Fsp3) is 0.500. The Morgan fingerprint density at radius 2 is 1.42 bits per heavy atom. The number of nitrogens with one attached hydrogen (secondary N) is 3. The maximum atomic E-state index is 13.8. The topological polar surface area (TPSA) is 189 Å². The van der Waals surface area contributed by atoms with Crippen LogP contribution in [0.15, 0.2) is 91.1 Å². The lowest BCUT2D eigenvalue weighted by atomic mass is 9.93. The third kappa shape index (κ3) is 17.3. The number of carbonyl (C=O) groups is 4. The minimum atomic E-state index is -3.83. The molecule has 1 saturated carbocycles. The van der Waals surface area contributed by atoms with Gasteiger partial charge in [-0.3, -0.25) is 19.2 Å². The van der Waals surface area contributed by atoms with E-state index in [4.69, 9.17) is 5.73 Å². The van der Waals surface area contributed by atoms with Gasteiger partial charge in [-0.05, 0) is 89.3 Å². The summed E-state index contributed by atoms with van der Waals surface area (Å²) in [4.78, 5) is 52.3. The van der Waals surface area contributed by atoms with Gasteiger partial charge in [0.2, 0.25) is 23.6 Å². The SMILES string of the molecule is CC/C=C\C/C=C\C/C=C\C/C=C\C/C=C\C/C=C\CCC(=O)NC(CSSC(C)(C)C(NC(=O)C1(c2ccc3c(c2)OC(F)(F)O3)CC1)C(=O)NCC(O)CO)C(N)=O. The fourth-order valence-corrected chi connectivity index (χ4v) is 8.68. The van der Waals surface area contributed by atoms with Gasteiger partial charge in [-0.25, -0.2) is 0 Å². The van der Waals surface area contributed by atoms with E-state index in [1.807, 2.05) is 12.2 Å². The summed E-state index contributed by atoms with van der Waals surface area (Å²) in [5, 5.41) is 27.1. The number of benzene rings is 1. The highest BCUT2D eigenvalue weighted by atomic mass is 33.1. The maximum Gasteiger partial charge on any atom is 0.586 e. The standard InChI is InChI=1S/C44H60F2N4O8S2/c1-4-5-6-7-8-9-10-11-12-13-14-15-16-17-18-19-20-21-22-23-37(53)49-34(39(47)54)31-59-60-42(2,3)38(40(55)48-29-33(52)30-51)50-41(56)43(26-27-43)32-24-25-35-36(28-32)58-44(45,46)57-35/h5-6,8-9,11-12,14-15,17-18,20-21,24-25,28,33-34,38,51-52H,4,7,10,13,16,19,22-23,26-27,29-31H2,1-3H3,(H2,47,54)(H,48,55)(H,49,53)(H,50,56)/b6-5-,9-8-,12-11-,15-14-,18-17-,21-20-. The summed E-state index contributed by atoms with van der Waals surface area (Å²) in [5.74, 6) is -2.57. The van der Waals surface area contributed by atoms with Crippen LogP contribution in [0.5, 0.6) is 11.5 Å². The third-order valence-corrected chi connectivity index (χ3v) is 12.7. The zero-order valence-corrected chi connectivity index (χ0v) is 36.2. The molecule has 0 spiro atoms. The van der Waals surface area contributed by atoms with Crippen LogP contribution >= 0.6 is 21.6 Å². The predicted molar refractivity (Wildman–Crippen MR) is 234 cm³/mol. The molecule has 2 aliphatic rings. The first kappa shape index (κ1) is 50.0. The monoisotopic (exact) mass is 874 g/mol. The molecule has 1 aromatic carbocycles. The van der Waals surface area contributed by atoms with E-state index < -0.39 is 59.0 Å². The number of alkyl halides is 2. The number of hydrogen-bond donors (Lipinski definition) is 6. The van der Waals surface area contributed by atoms with Gasteiger partial charge in [0.15, 0.2) is 11.5 Å². The molecule has 1 aliphatic heterocycles. The first-order chi connectivity index (χ1) is 28.6. The smallest absolute Gasteiger partial charge is 0.395 e. The number of amides is 4. The van der Waals surface area contributed by atoms with Gasteiger partial charge in [0, 0.05) is 23.5 Å². The van der Waals surface area contributed by atoms with E-state index in [0.717, 1.165) is 38.5 Å². The molecule has 1 aliphatic carbocycles. The molecule has 16 heteroatoms. The van der Waals surface area contributed by atoms with Gasteiger partial charge < -0.3 is 41.4 Å². The fourth-order valence-electron chi connectivity index (χ4n) is 5.85. The number of allylic oxidation sites excluding steroid dienone is 12. The molecule has 1 aromatic rings. The second kappa shape index (κ2) is 25.4. The minimum absolute atomic E-state index is 0.0619. The normalized spacial score (nSPS) is 17.2. The van der Waals surface area contributed by atoms with Crippen LogP contribution in [0, 0.1) is 0 Å². The molecule has 1 fully saturated rings. The Kier molecular flexibility index (Phi) is 21.2. The van der Waals surface area contributed by atoms with Crippen LogP contribution in [0.4, 0.5) is 8.78 Å². The summed E-state index contributed by atoms with van der Waals surface area (Å²) >= 11 is 0. The molecule has 12 nitrogen and oxygen atoms in total. The lowest BCUT2D eigenvalue weighted by molar-refractivity contribution is -0.286. The summed E-state index contributed by atoms with van der Waals surface area (Å²) < 4.78 is 35.3. The third-order valence-electron chi connectivity index (χ3n) is 9.42. The molecule has 330 valence electrons. The van der Waals surface area contributed by atoms with Crippen molar-refractivity contribution in [2.75, 3.05) is 18.9 Å². The lowest BCUT2D eigenvalue weighted by Gasteiger charge is -2.34. The quantitative estimate of drug-likeness (QED) is 0.0395. The van der Waals surface area contributed by atoms with Crippen LogP contribution in [0.25, 0.3) is 0 Å². The van der Waals surface area contributed by atoms with Crippen molar-refractivity contribution in [3.8, 4) is 11.5 Å². The molecule has 0 saturated heterocycles. The van der Waals surface area contributed by atoms with Gasteiger partial charge in [0.25, 0.3) is 0 Å². The van der Waals surface area contributed by atoms with E-state index in [2.05, 4.69) is 93.1 Å². The average molecular weight is 875 g/mol. The molecular weight excluding hydrogens is 815 g/mol. The Morgan fingerprint density at radius 3 is 1.95 bits per heavy atom. The van der Waals surface area contributed by atoms with E-state index in [0.29, 0.717) is 24.8 Å². The number of halogens is 2. The number of ether oxygens (including phenoxy) is 2. The Labute approximate surface area is 360 Å². The number of carbonyl (C=O) groups excluding carboxylic acids is 4.